The highest BCUT2D eigenvalue weighted by molar-refractivity contribution is 5.91. The maximum absolute atomic E-state index is 14.0. The Morgan fingerprint density at radius 2 is 1.88 bits per heavy atom. The fourth-order valence-electron chi connectivity index (χ4n) is 4.46. The third kappa shape index (κ3) is 6.14. The van der Waals surface area contributed by atoms with Crippen molar-refractivity contribution in [2.24, 2.45) is 0 Å². The van der Waals surface area contributed by atoms with Crippen molar-refractivity contribution in [2.45, 2.75) is 19.1 Å². The van der Waals surface area contributed by atoms with Gasteiger partial charge in [0, 0.05) is 55.5 Å². The summed E-state index contributed by atoms with van der Waals surface area (Å²) in [7, 11) is 3.03. The third-order valence-corrected chi connectivity index (χ3v) is 6.47. The van der Waals surface area contributed by atoms with Crippen LogP contribution >= 0.6 is 0 Å². The molecule has 0 unspecified atom stereocenters. The fourth-order valence-corrected chi connectivity index (χ4v) is 4.46. The second-order valence-corrected chi connectivity index (χ2v) is 9.18. The summed E-state index contributed by atoms with van der Waals surface area (Å²) in [6.07, 6.45) is 3.55. The van der Waals surface area contributed by atoms with E-state index in [1.807, 2.05) is 37.3 Å². The van der Waals surface area contributed by atoms with E-state index < -0.39 is 29.9 Å². The quantitative estimate of drug-likeness (QED) is 0.293. The minimum absolute atomic E-state index is 0.218. The fraction of sp³-hybridized carbons (Fsp3) is 0.296. The lowest BCUT2D eigenvalue weighted by Gasteiger charge is -2.19. The van der Waals surface area contributed by atoms with Crippen LogP contribution in [0.4, 0.5) is 19.4 Å². The first-order valence-electron chi connectivity index (χ1n) is 12.7. The number of benzene rings is 1. The van der Waals surface area contributed by atoms with Gasteiger partial charge < -0.3 is 14.8 Å². The SMILES string of the molecule is COCCN1C[C@@H](NC(=O)Nc2c(C)c(-c3cnc(OC)nc3)nn2-c2ccccc2)[C@H](c2cnc(F)c(F)c2)O1. The number of hydrogen-bond donors (Lipinski definition) is 2. The van der Waals surface area contributed by atoms with Crippen LogP contribution in [-0.4, -0.2) is 75.8 Å². The van der Waals surface area contributed by atoms with Crippen molar-refractivity contribution in [1.82, 2.24) is 35.1 Å². The standard InChI is InChI=1S/C27H28F2N8O4/c1-16-22(18-13-31-27(40-3)32-14-18)35-37(19-7-5-4-6-8-19)25(16)34-26(38)33-21-15-36(9-10-39-2)41-23(21)17-11-20(28)24(29)30-12-17/h4-8,11-14,21,23H,9-10,15H2,1-3H3,(H2,33,34,38)/t21-,23+/m1/s1. The minimum Gasteiger partial charge on any atom is -0.467 e. The number of halogens is 2. The van der Waals surface area contributed by atoms with Crippen LogP contribution in [0.25, 0.3) is 16.9 Å². The van der Waals surface area contributed by atoms with Crippen molar-refractivity contribution in [3.8, 4) is 23.0 Å². The van der Waals surface area contributed by atoms with Crippen molar-refractivity contribution in [3.05, 3.63) is 77.9 Å². The van der Waals surface area contributed by atoms with Crippen LogP contribution in [0, 0.1) is 18.7 Å². The van der Waals surface area contributed by atoms with Crippen LogP contribution < -0.4 is 15.4 Å². The molecule has 4 heterocycles. The summed E-state index contributed by atoms with van der Waals surface area (Å²) >= 11 is 0. The summed E-state index contributed by atoms with van der Waals surface area (Å²) in [5, 5.41) is 12.1. The Kier molecular flexibility index (Phi) is 8.42. The number of nitrogens with one attached hydrogen (secondary N) is 2. The van der Waals surface area contributed by atoms with Crippen LogP contribution in [0.3, 0.4) is 0 Å². The van der Waals surface area contributed by atoms with Gasteiger partial charge in [-0.15, -0.1) is 0 Å². The first kappa shape index (κ1) is 28.0. The van der Waals surface area contributed by atoms with E-state index in [0.717, 1.165) is 6.07 Å². The zero-order valence-corrected chi connectivity index (χ0v) is 22.5. The predicted octanol–water partition coefficient (Wildman–Crippen LogP) is 3.44. The molecule has 12 nitrogen and oxygen atoms in total. The van der Waals surface area contributed by atoms with Gasteiger partial charge in [0.25, 0.3) is 0 Å². The molecule has 5 rings (SSSR count). The van der Waals surface area contributed by atoms with E-state index >= 15 is 0 Å². The normalized spacial score (nSPS) is 17.0. The van der Waals surface area contributed by atoms with Crippen LogP contribution in [0.15, 0.2) is 55.0 Å². The van der Waals surface area contributed by atoms with Crippen molar-refractivity contribution in [2.75, 3.05) is 39.2 Å². The van der Waals surface area contributed by atoms with E-state index in [1.165, 1.54) is 13.3 Å². The van der Waals surface area contributed by atoms with E-state index in [4.69, 9.17) is 19.4 Å². The maximum atomic E-state index is 14.0. The molecule has 214 valence electrons. The Morgan fingerprint density at radius 1 is 1.12 bits per heavy atom. The van der Waals surface area contributed by atoms with Gasteiger partial charge in [-0.05, 0) is 25.1 Å². The van der Waals surface area contributed by atoms with Gasteiger partial charge in [0.15, 0.2) is 5.82 Å². The van der Waals surface area contributed by atoms with Crippen molar-refractivity contribution < 1.29 is 27.9 Å². The molecule has 1 fully saturated rings. The van der Waals surface area contributed by atoms with E-state index in [-0.39, 0.29) is 18.1 Å². The molecule has 0 saturated carbocycles. The molecule has 0 radical (unpaired) electrons. The van der Waals surface area contributed by atoms with E-state index in [2.05, 4.69) is 25.6 Å². The third-order valence-electron chi connectivity index (χ3n) is 6.47. The highest BCUT2D eigenvalue weighted by Gasteiger charge is 2.37. The van der Waals surface area contributed by atoms with E-state index in [9.17, 15) is 13.6 Å². The lowest BCUT2D eigenvalue weighted by molar-refractivity contribution is -0.154. The minimum atomic E-state index is -1.21. The summed E-state index contributed by atoms with van der Waals surface area (Å²) in [5.41, 5.74) is 2.86. The number of hydroxylamine groups is 2. The van der Waals surface area contributed by atoms with Crippen LogP contribution in [0.2, 0.25) is 0 Å². The molecule has 2 amide bonds. The molecule has 4 aromatic rings. The average molecular weight is 567 g/mol. The molecule has 2 N–H and O–H groups in total. The topological polar surface area (TPSA) is 129 Å². The summed E-state index contributed by atoms with van der Waals surface area (Å²) in [6, 6.07) is 9.36. The average Bonchev–Trinajstić information content (AvgIpc) is 3.54. The number of aromatic nitrogens is 5. The van der Waals surface area contributed by atoms with Crippen LogP contribution in [-0.2, 0) is 9.57 Å². The number of anilines is 1. The molecule has 2 atom stereocenters. The zero-order chi connectivity index (χ0) is 28.9. The second-order valence-electron chi connectivity index (χ2n) is 9.18. The van der Waals surface area contributed by atoms with Gasteiger partial charge in [0.1, 0.15) is 17.6 Å². The number of para-hydroxylation sites is 1. The first-order valence-corrected chi connectivity index (χ1v) is 12.7. The summed E-state index contributed by atoms with van der Waals surface area (Å²) in [4.78, 5) is 31.1. The van der Waals surface area contributed by atoms with Gasteiger partial charge in [-0.2, -0.15) is 14.6 Å². The van der Waals surface area contributed by atoms with Gasteiger partial charge in [0.2, 0.25) is 5.95 Å². The number of carbonyl (C=O) groups excluding carboxylic acids is 1. The summed E-state index contributed by atoms with van der Waals surface area (Å²) in [6.45, 7) is 2.86. The van der Waals surface area contributed by atoms with Gasteiger partial charge in [0.05, 0.1) is 25.4 Å². The second kappa shape index (κ2) is 12.3. The number of amides is 2. The number of ether oxygens (including phenoxy) is 2. The maximum Gasteiger partial charge on any atom is 0.320 e. The monoisotopic (exact) mass is 566 g/mol. The van der Waals surface area contributed by atoms with E-state index in [1.54, 1.807) is 29.2 Å². The number of nitrogens with zero attached hydrogens (tertiary/aromatic N) is 6. The number of pyridine rings is 1. The summed E-state index contributed by atoms with van der Waals surface area (Å²) in [5.74, 6) is -1.91. The lowest BCUT2D eigenvalue weighted by atomic mass is 10.0. The molecular weight excluding hydrogens is 538 g/mol. The Hall–Kier alpha value is -4.53. The number of methoxy groups -OCH3 is 2. The molecule has 1 saturated heterocycles. The molecule has 3 aromatic heterocycles. The predicted molar refractivity (Wildman–Crippen MR) is 143 cm³/mol. The number of rotatable bonds is 9. The van der Waals surface area contributed by atoms with Gasteiger partial charge in [-0.1, -0.05) is 18.2 Å². The van der Waals surface area contributed by atoms with Crippen molar-refractivity contribution >= 4 is 11.8 Å². The van der Waals surface area contributed by atoms with Crippen molar-refractivity contribution in [3.63, 3.8) is 0 Å². The van der Waals surface area contributed by atoms with Crippen molar-refractivity contribution in [1.29, 1.82) is 0 Å². The Balaban J connectivity index is 1.42. The van der Waals surface area contributed by atoms with Gasteiger partial charge >= 0.3 is 12.0 Å². The molecule has 0 aliphatic carbocycles. The van der Waals surface area contributed by atoms with E-state index in [0.29, 0.717) is 41.5 Å². The zero-order valence-electron chi connectivity index (χ0n) is 22.5. The molecule has 41 heavy (non-hydrogen) atoms. The number of urea groups is 1. The van der Waals surface area contributed by atoms with Gasteiger partial charge in [-0.3, -0.25) is 10.2 Å². The number of hydrogen-bond acceptors (Lipinski definition) is 9. The largest absolute Gasteiger partial charge is 0.467 e. The highest BCUT2D eigenvalue weighted by Crippen LogP contribution is 2.32. The van der Waals surface area contributed by atoms with Crippen LogP contribution in [0.1, 0.15) is 17.2 Å². The highest BCUT2D eigenvalue weighted by atomic mass is 19.2. The summed E-state index contributed by atoms with van der Waals surface area (Å²) < 4.78 is 39.3. The first-order chi connectivity index (χ1) is 19.9. The lowest BCUT2D eigenvalue weighted by Crippen LogP contribution is -2.42. The molecule has 1 aromatic carbocycles. The molecule has 0 bridgehead atoms. The molecule has 1 aliphatic rings. The Bertz CT molecular complexity index is 1500. The van der Waals surface area contributed by atoms with Gasteiger partial charge in [-0.25, -0.2) is 28.8 Å². The Labute approximate surface area is 234 Å². The number of carbonyl (C=O) groups is 1. The Morgan fingerprint density at radius 3 is 2.56 bits per heavy atom. The molecular formula is C27H28F2N8O4. The molecule has 0 spiro atoms. The molecule has 14 heteroatoms. The smallest absolute Gasteiger partial charge is 0.320 e. The van der Waals surface area contributed by atoms with Crippen LogP contribution in [0.5, 0.6) is 6.01 Å². The molecule has 1 aliphatic heterocycles.